The molecular formula is C24H33N5O2S. The summed E-state index contributed by atoms with van der Waals surface area (Å²) in [6.45, 7) is 9.40. The number of thioether (sulfide) groups is 1. The third kappa shape index (κ3) is 4.70. The van der Waals surface area contributed by atoms with Crippen LogP contribution < -0.4 is 5.32 Å². The number of benzene rings is 1. The van der Waals surface area contributed by atoms with E-state index in [9.17, 15) is 9.59 Å². The van der Waals surface area contributed by atoms with Gasteiger partial charge in [-0.25, -0.2) is 4.79 Å². The summed E-state index contributed by atoms with van der Waals surface area (Å²) in [4.78, 5) is 26.1. The van der Waals surface area contributed by atoms with Gasteiger partial charge in [0.2, 0.25) is 5.91 Å². The minimum absolute atomic E-state index is 0.0915. The molecule has 2 fully saturated rings. The lowest BCUT2D eigenvalue weighted by Gasteiger charge is -2.26. The number of nitrogens with one attached hydrogen (secondary N) is 1. The fourth-order valence-corrected chi connectivity index (χ4v) is 5.43. The lowest BCUT2D eigenvalue weighted by atomic mass is 9.86. The van der Waals surface area contributed by atoms with E-state index in [2.05, 4.69) is 65.1 Å². The Kier molecular flexibility index (Phi) is 6.60. The van der Waals surface area contributed by atoms with E-state index >= 15 is 0 Å². The summed E-state index contributed by atoms with van der Waals surface area (Å²) in [7, 11) is 0. The molecule has 4 rings (SSSR count). The van der Waals surface area contributed by atoms with Gasteiger partial charge in [-0.2, -0.15) is 0 Å². The summed E-state index contributed by atoms with van der Waals surface area (Å²) in [5.74, 6) is 0.678. The van der Waals surface area contributed by atoms with Crippen molar-refractivity contribution in [1.29, 1.82) is 0 Å². The number of urea groups is 1. The van der Waals surface area contributed by atoms with E-state index in [4.69, 9.17) is 0 Å². The van der Waals surface area contributed by atoms with Crippen LogP contribution in [0.15, 0.2) is 29.4 Å². The maximum atomic E-state index is 12.8. The highest BCUT2D eigenvalue weighted by molar-refractivity contribution is 8.00. The summed E-state index contributed by atoms with van der Waals surface area (Å²) in [5, 5.41) is 12.1. The molecule has 1 saturated carbocycles. The normalized spacial score (nSPS) is 18.6. The van der Waals surface area contributed by atoms with Crippen molar-refractivity contribution in [2.24, 2.45) is 0 Å². The molecule has 0 spiro atoms. The molecule has 0 radical (unpaired) electrons. The molecule has 2 aromatic rings. The van der Waals surface area contributed by atoms with Crippen molar-refractivity contribution in [1.82, 2.24) is 25.0 Å². The summed E-state index contributed by atoms with van der Waals surface area (Å²) >= 11 is 1.40. The molecule has 2 aliphatic rings. The Balaban J connectivity index is 1.63. The van der Waals surface area contributed by atoms with Gasteiger partial charge in [0, 0.05) is 24.7 Å². The number of rotatable bonds is 5. The highest BCUT2D eigenvalue weighted by Gasteiger charge is 2.32. The molecule has 7 nitrogen and oxygen atoms in total. The first-order valence-electron chi connectivity index (χ1n) is 11.6. The number of carbonyl (C=O) groups is 2. The molecule has 32 heavy (non-hydrogen) atoms. The van der Waals surface area contributed by atoms with Gasteiger partial charge in [0.05, 0.1) is 5.25 Å². The van der Waals surface area contributed by atoms with E-state index in [1.807, 2.05) is 6.92 Å². The monoisotopic (exact) mass is 455 g/mol. The Morgan fingerprint density at radius 1 is 1.12 bits per heavy atom. The van der Waals surface area contributed by atoms with Crippen LogP contribution >= 0.6 is 11.8 Å². The van der Waals surface area contributed by atoms with E-state index in [0.717, 1.165) is 29.4 Å². The van der Waals surface area contributed by atoms with Crippen LogP contribution in [0.2, 0.25) is 0 Å². The average Bonchev–Trinajstić information content (AvgIpc) is 3.39. The highest BCUT2D eigenvalue weighted by Crippen LogP contribution is 2.37. The Bertz CT molecular complexity index is 973. The number of nitrogens with zero attached hydrogens (tertiary/aromatic N) is 4. The third-order valence-corrected chi connectivity index (χ3v) is 7.41. The molecule has 1 unspecified atom stereocenters. The number of hydrogen-bond donors (Lipinski definition) is 1. The van der Waals surface area contributed by atoms with Crippen LogP contribution in [-0.2, 0) is 10.2 Å². The van der Waals surface area contributed by atoms with Crippen molar-refractivity contribution in [3.63, 3.8) is 0 Å². The van der Waals surface area contributed by atoms with Gasteiger partial charge in [-0.05, 0) is 30.7 Å². The van der Waals surface area contributed by atoms with E-state index in [1.165, 1.54) is 41.5 Å². The van der Waals surface area contributed by atoms with Crippen LogP contribution in [0.25, 0.3) is 11.4 Å². The highest BCUT2D eigenvalue weighted by atomic mass is 32.2. The molecule has 1 saturated heterocycles. The smallest absolute Gasteiger partial charge is 0.324 e. The molecular weight excluding hydrogens is 422 g/mol. The van der Waals surface area contributed by atoms with Crippen molar-refractivity contribution in [2.45, 2.75) is 81.7 Å². The van der Waals surface area contributed by atoms with Crippen LogP contribution in [0.4, 0.5) is 4.79 Å². The summed E-state index contributed by atoms with van der Waals surface area (Å²) < 4.78 is 2.24. The second-order valence-corrected chi connectivity index (χ2v) is 11.1. The van der Waals surface area contributed by atoms with Crippen molar-refractivity contribution in [3.8, 4) is 11.4 Å². The zero-order valence-corrected chi connectivity index (χ0v) is 20.2. The third-order valence-electron chi connectivity index (χ3n) is 6.37. The molecule has 1 N–H and O–H groups in total. The number of aromatic nitrogens is 3. The van der Waals surface area contributed by atoms with Gasteiger partial charge in [-0.3, -0.25) is 14.3 Å². The SMILES string of the molecule is CC(Sc1nnc(-c2ccc(C(C)(C)C)cc2)n1C1CCCCC1)C(=O)N1CCNC1=O. The standard InChI is InChI=1S/C24H33N5O2S/c1-16(21(30)28-15-14-25-22(28)31)32-23-27-26-20(29(23)19-8-6-5-7-9-19)17-10-12-18(13-11-17)24(2,3)4/h10-13,16,19H,5-9,14-15H2,1-4H3,(H,25,31). The summed E-state index contributed by atoms with van der Waals surface area (Å²) in [6, 6.07) is 8.61. The lowest BCUT2D eigenvalue weighted by molar-refractivity contribution is -0.126. The minimum Gasteiger partial charge on any atom is -0.336 e. The molecule has 2 heterocycles. The van der Waals surface area contributed by atoms with Crippen LogP contribution in [0.3, 0.4) is 0 Å². The minimum atomic E-state index is -0.415. The molecule has 1 atom stereocenters. The summed E-state index contributed by atoms with van der Waals surface area (Å²) in [6.07, 6.45) is 5.83. The van der Waals surface area contributed by atoms with Crippen LogP contribution in [-0.4, -0.2) is 49.9 Å². The van der Waals surface area contributed by atoms with Gasteiger partial charge in [-0.1, -0.05) is 76.1 Å². The Labute approximate surface area is 194 Å². The first-order valence-corrected chi connectivity index (χ1v) is 12.5. The Hall–Kier alpha value is -2.35. The van der Waals surface area contributed by atoms with Crippen molar-refractivity contribution in [3.05, 3.63) is 29.8 Å². The fourth-order valence-electron chi connectivity index (χ4n) is 4.45. The maximum Gasteiger partial charge on any atom is 0.324 e. The zero-order chi connectivity index (χ0) is 22.9. The number of amides is 3. The Morgan fingerprint density at radius 3 is 2.41 bits per heavy atom. The molecule has 1 aromatic carbocycles. The van der Waals surface area contributed by atoms with Gasteiger partial charge < -0.3 is 5.32 Å². The number of imide groups is 1. The quantitative estimate of drug-likeness (QED) is 0.656. The number of carbonyl (C=O) groups excluding carboxylic acids is 2. The molecule has 0 bridgehead atoms. The van der Waals surface area contributed by atoms with Gasteiger partial charge in [0.1, 0.15) is 0 Å². The zero-order valence-electron chi connectivity index (χ0n) is 19.4. The molecule has 1 aromatic heterocycles. The van der Waals surface area contributed by atoms with Crippen LogP contribution in [0.5, 0.6) is 0 Å². The summed E-state index contributed by atoms with van der Waals surface area (Å²) in [5.41, 5.74) is 2.41. The van der Waals surface area contributed by atoms with Gasteiger partial charge >= 0.3 is 6.03 Å². The molecule has 8 heteroatoms. The van der Waals surface area contributed by atoms with Gasteiger partial charge in [0.25, 0.3) is 0 Å². The number of hydrogen-bond acceptors (Lipinski definition) is 5. The predicted octanol–water partition coefficient (Wildman–Crippen LogP) is 4.78. The van der Waals surface area contributed by atoms with E-state index < -0.39 is 5.25 Å². The van der Waals surface area contributed by atoms with Crippen molar-refractivity contribution >= 4 is 23.7 Å². The molecule has 172 valence electrons. The molecule has 3 amide bonds. The first-order chi connectivity index (χ1) is 15.3. The largest absolute Gasteiger partial charge is 0.336 e. The molecule has 1 aliphatic heterocycles. The van der Waals surface area contributed by atoms with Gasteiger partial charge in [0.15, 0.2) is 11.0 Å². The second kappa shape index (κ2) is 9.25. The average molecular weight is 456 g/mol. The second-order valence-electron chi connectivity index (χ2n) is 9.78. The Morgan fingerprint density at radius 2 is 1.81 bits per heavy atom. The van der Waals surface area contributed by atoms with Crippen molar-refractivity contribution < 1.29 is 9.59 Å². The fraction of sp³-hybridized carbons (Fsp3) is 0.583. The maximum absolute atomic E-state index is 12.8. The van der Waals surface area contributed by atoms with Crippen LogP contribution in [0.1, 0.15) is 71.4 Å². The van der Waals surface area contributed by atoms with Crippen molar-refractivity contribution in [2.75, 3.05) is 13.1 Å². The van der Waals surface area contributed by atoms with Gasteiger partial charge in [-0.15, -0.1) is 10.2 Å². The topological polar surface area (TPSA) is 80.1 Å². The van der Waals surface area contributed by atoms with E-state index in [1.54, 1.807) is 0 Å². The van der Waals surface area contributed by atoms with E-state index in [-0.39, 0.29) is 17.4 Å². The van der Waals surface area contributed by atoms with E-state index in [0.29, 0.717) is 19.1 Å². The predicted molar refractivity (Wildman–Crippen MR) is 127 cm³/mol. The molecule has 1 aliphatic carbocycles. The lowest BCUT2D eigenvalue weighted by Crippen LogP contribution is -2.39. The van der Waals surface area contributed by atoms with Crippen LogP contribution in [0, 0.1) is 0 Å². The first kappa shape index (κ1) is 22.8.